The van der Waals surface area contributed by atoms with Gasteiger partial charge in [0.1, 0.15) is 11.5 Å². The van der Waals surface area contributed by atoms with Crippen molar-refractivity contribution in [3.63, 3.8) is 0 Å². The van der Waals surface area contributed by atoms with Gasteiger partial charge in [0.2, 0.25) is 0 Å². The maximum Gasteiger partial charge on any atom is 0.193 e. The lowest BCUT2D eigenvalue weighted by Crippen LogP contribution is -2.06. The quantitative estimate of drug-likeness (QED) is 0.269. The van der Waals surface area contributed by atoms with Gasteiger partial charge in [-0.1, -0.05) is 24.3 Å². The van der Waals surface area contributed by atoms with Crippen LogP contribution in [0.5, 0.6) is 11.5 Å². The monoisotopic (exact) mass is 462 g/mol. The van der Waals surface area contributed by atoms with Gasteiger partial charge in [0.15, 0.2) is 5.78 Å². The molecule has 0 unspecified atom stereocenters. The molecular formula is C33H34O2. The summed E-state index contributed by atoms with van der Waals surface area (Å²) in [5.74, 6) is 1.74. The molecule has 0 radical (unpaired) electrons. The van der Waals surface area contributed by atoms with Crippen molar-refractivity contribution in [2.45, 2.75) is 54.9 Å². The second-order valence-electron chi connectivity index (χ2n) is 9.82. The van der Waals surface area contributed by atoms with Crippen LogP contribution in [0, 0.1) is 48.5 Å². The van der Waals surface area contributed by atoms with Gasteiger partial charge in [-0.2, -0.15) is 0 Å². The molecule has 35 heavy (non-hydrogen) atoms. The molecule has 0 spiro atoms. The van der Waals surface area contributed by atoms with Gasteiger partial charge in [0.05, 0.1) is 0 Å². The van der Waals surface area contributed by atoms with E-state index in [0.29, 0.717) is 0 Å². The SMILES string of the molecule is Cc1ccc(Oc2ccc(C)c(Cc3cc(C(=O)c4ccc(C)c(C)c4)cc(C)c3C)c2)cc1C. The lowest BCUT2D eigenvalue weighted by molar-refractivity contribution is 0.103. The van der Waals surface area contributed by atoms with E-state index in [2.05, 4.69) is 71.9 Å². The summed E-state index contributed by atoms with van der Waals surface area (Å²) in [6, 6.07) is 22.4. The summed E-state index contributed by atoms with van der Waals surface area (Å²) < 4.78 is 6.19. The lowest BCUT2D eigenvalue weighted by atomic mass is 9.90. The Labute approximate surface area is 209 Å². The van der Waals surface area contributed by atoms with Gasteiger partial charge in [-0.05, 0) is 147 Å². The number of carbonyl (C=O) groups is 1. The Kier molecular flexibility index (Phi) is 6.93. The fraction of sp³-hybridized carbons (Fsp3) is 0.242. The molecule has 0 amide bonds. The van der Waals surface area contributed by atoms with E-state index in [1.807, 2.05) is 43.3 Å². The van der Waals surface area contributed by atoms with E-state index in [1.54, 1.807) is 0 Å². The van der Waals surface area contributed by atoms with Crippen molar-refractivity contribution >= 4 is 5.78 Å². The molecule has 0 aliphatic rings. The van der Waals surface area contributed by atoms with Gasteiger partial charge >= 0.3 is 0 Å². The van der Waals surface area contributed by atoms with Crippen LogP contribution >= 0.6 is 0 Å². The van der Waals surface area contributed by atoms with E-state index < -0.39 is 0 Å². The zero-order valence-corrected chi connectivity index (χ0v) is 21.9. The van der Waals surface area contributed by atoms with Crippen molar-refractivity contribution in [2.75, 3.05) is 0 Å². The fourth-order valence-corrected chi connectivity index (χ4v) is 4.32. The third-order valence-corrected chi connectivity index (χ3v) is 7.22. The Balaban J connectivity index is 1.65. The van der Waals surface area contributed by atoms with Crippen molar-refractivity contribution in [3.8, 4) is 11.5 Å². The predicted octanol–water partition coefficient (Wildman–Crippen LogP) is 8.46. The molecule has 2 heteroatoms. The molecule has 0 saturated heterocycles. The number of aryl methyl sites for hydroxylation is 6. The molecule has 0 fully saturated rings. The zero-order chi connectivity index (χ0) is 25.3. The van der Waals surface area contributed by atoms with Crippen molar-refractivity contribution in [2.24, 2.45) is 0 Å². The van der Waals surface area contributed by atoms with Crippen molar-refractivity contribution in [3.05, 3.63) is 128 Å². The highest BCUT2D eigenvalue weighted by molar-refractivity contribution is 6.09. The molecule has 0 N–H and O–H groups in total. The zero-order valence-electron chi connectivity index (χ0n) is 21.9. The van der Waals surface area contributed by atoms with Crippen LogP contribution in [-0.2, 0) is 6.42 Å². The molecule has 0 aliphatic heterocycles. The highest BCUT2D eigenvalue weighted by atomic mass is 16.5. The summed E-state index contributed by atoms with van der Waals surface area (Å²) in [4.78, 5) is 13.3. The third kappa shape index (κ3) is 5.38. The molecular weight excluding hydrogens is 428 g/mol. The number of carbonyl (C=O) groups excluding carboxylic acids is 1. The summed E-state index contributed by atoms with van der Waals surface area (Å²) in [5, 5.41) is 0. The maximum absolute atomic E-state index is 13.3. The van der Waals surface area contributed by atoms with Gasteiger partial charge in [-0.25, -0.2) is 0 Å². The van der Waals surface area contributed by atoms with Gasteiger partial charge in [0, 0.05) is 11.1 Å². The highest BCUT2D eigenvalue weighted by Crippen LogP contribution is 2.29. The van der Waals surface area contributed by atoms with Gasteiger partial charge in [-0.15, -0.1) is 0 Å². The summed E-state index contributed by atoms with van der Waals surface area (Å²) in [5.41, 5.74) is 12.2. The van der Waals surface area contributed by atoms with E-state index >= 15 is 0 Å². The third-order valence-electron chi connectivity index (χ3n) is 7.22. The van der Waals surface area contributed by atoms with E-state index in [-0.39, 0.29) is 5.78 Å². The van der Waals surface area contributed by atoms with Gasteiger partial charge in [0.25, 0.3) is 0 Å². The van der Waals surface area contributed by atoms with Crippen molar-refractivity contribution < 1.29 is 9.53 Å². The molecule has 0 atom stereocenters. The molecule has 0 heterocycles. The Morgan fingerprint density at radius 3 is 1.77 bits per heavy atom. The van der Waals surface area contributed by atoms with Crippen LogP contribution in [0.15, 0.2) is 66.7 Å². The summed E-state index contributed by atoms with van der Waals surface area (Å²) in [6.45, 7) is 14.7. The molecule has 2 nitrogen and oxygen atoms in total. The van der Waals surface area contributed by atoms with Crippen LogP contribution in [-0.4, -0.2) is 5.78 Å². The standard InChI is InChI=1S/C33H34O2/c1-20-8-11-27(14-23(20)4)33(34)30-15-25(6)26(7)29(18-30)17-28-19-32(13-10-22(28)3)35-31-12-9-21(2)24(5)16-31/h8-16,18-19H,17H2,1-7H3. The van der Waals surface area contributed by atoms with Crippen LogP contribution in [0.25, 0.3) is 0 Å². The molecule has 0 saturated carbocycles. The normalized spacial score (nSPS) is 10.9. The molecule has 4 aromatic carbocycles. The Morgan fingerprint density at radius 2 is 1.11 bits per heavy atom. The molecule has 178 valence electrons. The average Bonchev–Trinajstić information content (AvgIpc) is 2.82. The maximum atomic E-state index is 13.3. The van der Waals surface area contributed by atoms with Crippen LogP contribution in [0.1, 0.15) is 66.0 Å². The van der Waals surface area contributed by atoms with Crippen molar-refractivity contribution in [1.29, 1.82) is 0 Å². The molecule has 0 aromatic heterocycles. The minimum atomic E-state index is 0.0704. The smallest absolute Gasteiger partial charge is 0.193 e. The second-order valence-corrected chi connectivity index (χ2v) is 9.82. The van der Waals surface area contributed by atoms with E-state index in [9.17, 15) is 4.79 Å². The largest absolute Gasteiger partial charge is 0.457 e. The molecule has 4 rings (SSSR count). The Hall–Kier alpha value is -3.65. The van der Waals surface area contributed by atoms with E-state index in [1.165, 1.54) is 38.9 Å². The summed E-state index contributed by atoms with van der Waals surface area (Å²) in [6.07, 6.45) is 0.747. The number of benzene rings is 4. The number of ether oxygens (including phenoxy) is 1. The predicted molar refractivity (Wildman–Crippen MR) is 145 cm³/mol. The van der Waals surface area contributed by atoms with E-state index in [0.717, 1.165) is 40.2 Å². The van der Waals surface area contributed by atoms with E-state index in [4.69, 9.17) is 4.74 Å². The Morgan fingerprint density at radius 1 is 0.543 bits per heavy atom. The number of ketones is 1. The molecule has 0 bridgehead atoms. The highest BCUT2D eigenvalue weighted by Gasteiger charge is 2.15. The second kappa shape index (κ2) is 9.92. The average molecular weight is 463 g/mol. The summed E-state index contributed by atoms with van der Waals surface area (Å²) in [7, 11) is 0. The van der Waals surface area contributed by atoms with Gasteiger partial charge < -0.3 is 4.74 Å². The minimum absolute atomic E-state index is 0.0704. The first-order valence-corrected chi connectivity index (χ1v) is 12.2. The minimum Gasteiger partial charge on any atom is -0.457 e. The molecule has 4 aromatic rings. The first-order valence-electron chi connectivity index (χ1n) is 12.2. The van der Waals surface area contributed by atoms with Crippen LogP contribution in [0.4, 0.5) is 0 Å². The number of rotatable bonds is 6. The molecule has 0 aliphatic carbocycles. The Bertz CT molecular complexity index is 1430. The summed E-state index contributed by atoms with van der Waals surface area (Å²) >= 11 is 0. The lowest BCUT2D eigenvalue weighted by Gasteiger charge is -2.15. The van der Waals surface area contributed by atoms with Crippen LogP contribution in [0.2, 0.25) is 0 Å². The first-order chi connectivity index (χ1) is 16.6. The van der Waals surface area contributed by atoms with Crippen molar-refractivity contribution in [1.82, 2.24) is 0 Å². The number of hydrogen-bond donors (Lipinski definition) is 0. The number of hydrogen-bond acceptors (Lipinski definition) is 2. The van der Waals surface area contributed by atoms with Crippen LogP contribution < -0.4 is 4.74 Å². The van der Waals surface area contributed by atoms with Crippen LogP contribution in [0.3, 0.4) is 0 Å². The topological polar surface area (TPSA) is 26.3 Å². The fourth-order valence-electron chi connectivity index (χ4n) is 4.32. The first kappa shape index (κ1) is 24.5. The van der Waals surface area contributed by atoms with Gasteiger partial charge in [-0.3, -0.25) is 4.79 Å².